The van der Waals surface area contributed by atoms with Gasteiger partial charge in [0, 0.05) is 25.8 Å². The van der Waals surface area contributed by atoms with Crippen molar-refractivity contribution in [3.63, 3.8) is 0 Å². The summed E-state index contributed by atoms with van der Waals surface area (Å²) < 4.78 is 0. The molecule has 0 radical (unpaired) electrons. The van der Waals surface area contributed by atoms with Crippen molar-refractivity contribution in [2.24, 2.45) is 5.92 Å². The fraction of sp³-hybridized carbons (Fsp3) is 0.533. The topological polar surface area (TPSA) is 73.7 Å². The van der Waals surface area contributed by atoms with Crippen LogP contribution < -0.4 is 0 Å². The fourth-order valence-corrected chi connectivity index (χ4v) is 1.99. The fourth-order valence-electron chi connectivity index (χ4n) is 1.99. The maximum atomic E-state index is 12.4. The first kappa shape index (κ1) is 16.9. The number of amides is 2. The van der Waals surface area contributed by atoms with Crippen LogP contribution >= 0.6 is 0 Å². The predicted molar refractivity (Wildman–Crippen MR) is 79.9 cm³/mol. The number of urea groups is 1. The van der Waals surface area contributed by atoms with Gasteiger partial charge in [-0.15, -0.1) is 0 Å². The van der Waals surface area contributed by atoms with Crippen LogP contribution in [0.1, 0.15) is 25.2 Å². The van der Waals surface area contributed by atoms with Crippen molar-refractivity contribution in [2.45, 2.75) is 27.3 Å². The van der Waals surface area contributed by atoms with Gasteiger partial charge in [0.1, 0.15) is 0 Å². The first-order chi connectivity index (χ1) is 9.85. The van der Waals surface area contributed by atoms with Gasteiger partial charge in [0.25, 0.3) is 0 Å². The summed E-state index contributed by atoms with van der Waals surface area (Å²) in [5.74, 6) is -1.48. The normalized spacial score (nSPS) is 11.8. The number of carbonyl (C=O) groups excluding carboxylic acids is 1. The molecule has 1 aromatic rings. The second-order valence-corrected chi connectivity index (χ2v) is 5.19. The summed E-state index contributed by atoms with van der Waals surface area (Å²) in [5.41, 5.74) is 1.72. The molecule has 0 aliphatic heterocycles. The Bertz CT molecular complexity index is 505. The highest BCUT2D eigenvalue weighted by atomic mass is 16.4. The zero-order valence-corrected chi connectivity index (χ0v) is 13.0. The van der Waals surface area contributed by atoms with E-state index in [9.17, 15) is 9.59 Å². The molecule has 0 aliphatic rings. The summed E-state index contributed by atoms with van der Waals surface area (Å²) in [5, 5.41) is 8.95. The molecule has 1 heterocycles. The van der Waals surface area contributed by atoms with Gasteiger partial charge >= 0.3 is 12.0 Å². The number of hydrogen-bond acceptors (Lipinski definition) is 3. The molecule has 1 rings (SSSR count). The minimum absolute atomic E-state index is 0.186. The molecule has 2 amide bonds. The van der Waals surface area contributed by atoms with Gasteiger partial charge in [-0.05, 0) is 26.0 Å². The molecule has 116 valence electrons. The number of aliphatic carboxylic acids is 1. The molecule has 0 bridgehead atoms. The SMILES string of the molecule is CCN(CC(C)C(=O)O)C(=O)N(C)Cc1cccc(C)n1. The second-order valence-electron chi connectivity index (χ2n) is 5.19. The molecule has 1 N–H and O–H groups in total. The third kappa shape index (κ3) is 5.06. The first-order valence-corrected chi connectivity index (χ1v) is 7.00. The summed E-state index contributed by atoms with van der Waals surface area (Å²) >= 11 is 0. The van der Waals surface area contributed by atoms with Crippen LogP contribution in [0.15, 0.2) is 18.2 Å². The Hall–Kier alpha value is -2.11. The summed E-state index contributed by atoms with van der Waals surface area (Å²) in [6, 6.07) is 5.49. The van der Waals surface area contributed by atoms with E-state index in [-0.39, 0.29) is 12.6 Å². The van der Waals surface area contributed by atoms with Gasteiger partial charge in [-0.1, -0.05) is 13.0 Å². The number of aryl methyl sites for hydroxylation is 1. The average Bonchev–Trinajstić information content (AvgIpc) is 2.43. The molecular formula is C15H23N3O3. The Morgan fingerprint density at radius 3 is 2.57 bits per heavy atom. The van der Waals surface area contributed by atoms with Crippen molar-refractivity contribution in [3.05, 3.63) is 29.6 Å². The minimum Gasteiger partial charge on any atom is -0.481 e. The smallest absolute Gasteiger partial charge is 0.320 e. The van der Waals surface area contributed by atoms with E-state index in [4.69, 9.17) is 5.11 Å². The average molecular weight is 293 g/mol. The molecule has 1 atom stereocenters. The van der Waals surface area contributed by atoms with Crippen molar-refractivity contribution < 1.29 is 14.7 Å². The number of carboxylic acids is 1. The van der Waals surface area contributed by atoms with E-state index < -0.39 is 11.9 Å². The number of hydrogen-bond donors (Lipinski definition) is 1. The molecule has 0 aromatic carbocycles. The summed E-state index contributed by atoms with van der Waals surface area (Å²) in [7, 11) is 1.69. The number of nitrogens with zero attached hydrogens (tertiary/aromatic N) is 3. The molecular weight excluding hydrogens is 270 g/mol. The lowest BCUT2D eigenvalue weighted by molar-refractivity contribution is -0.141. The van der Waals surface area contributed by atoms with Crippen LogP contribution in [-0.4, -0.2) is 52.0 Å². The predicted octanol–water partition coefficient (Wildman–Crippen LogP) is 1.98. The molecule has 0 aliphatic carbocycles. The van der Waals surface area contributed by atoms with Crippen molar-refractivity contribution in [1.29, 1.82) is 0 Å². The van der Waals surface area contributed by atoms with Gasteiger partial charge in [0.15, 0.2) is 0 Å². The van der Waals surface area contributed by atoms with Crippen LogP contribution in [0, 0.1) is 12.8 Å². The summed E-state index contributed by atoms with van der Waals surface area (Å²) in [4.78, 5) is 30.7. The maximum Gasteiger partial charge on any atom is 0.320 e. The van der Waals surface area contributed by atoms with Gasteiger partial charge in [0.05, 0.1) is 18.2 Å². The number of carboxylic acid groups (broad SMARTS) is 1. The lowest BCUT2D eigenvalue weighted by Crippen LogP contribution is -2.43. The number of rotatable bonds is 6. The van der Waals surface area contributed by atoms with Crippen LogP contribution in [0.4, 0.5) is 4.79 Å². The standard InChI is InChI=1S/C15H23N3O3/c1-5-18(9-11(2)14(19)20)15(21)17(4)10-13-8-6-7-12(3)16-13/h6-8,11H,5,9-10H2,1-4H3,(H,19,20). The molecule has 21 heavy (non-hydrogen) atoms. The Morgan fingerprint density at radius 1 is 1.38 bits per heavy atom. The highest BCUT2D eigenvalue weighted by molar-refractivity contribution is 5.75. The lowest BCUT2D eigenvalue weighted by atomic mass is 10.2. The van der Waals surface area contributed by atoms with E-state index in [0.717, 1.165) is 11.4 Å². The van der Waals surface area contributed by atoms with E-state index in [0.29, 0.717) is 13.1 Å². The Labute approximate surface area is 125 Å². The van der Waals surface area contributed by atoms with E-state index in [1.807, 2.05) is 32.0 Å². The van der Waals surface area contributed by atoms with Crippen molar-refractivity contribution >= 4 is 12.0 Å². The van der Waals surface area contributed by atoms with E-state index >= 15 is 0 Å². The maximum absolute atomic E-state index is 12.4. The molecule has 6 heteroatoms. The molecule has 0 saturated carbocycles. The van der Waals surface area contributed by atoms with Crippen molar-refractivity contribution in [1.82, 2.24) is 14.8 Å². The van der Waals surface area contributed by atoms with Crippen LogP contribution in [0.5, 0.6) is 0 Å². The summed E-state index contributed by atoms with van der Waals surface area (Å²) in [6.45, 7) is 6.42. The molecule has 0 spiro atoms. The van der Waals surface area contributed by atoms with Crippen molar-refractivity contribution in [3.8, 4) is 0 Å². The lowest BCUT2D eigenvalue weighted by Gasteiger charge is -2.28. The van der Waals surface area contributed by atoms with E-state index in [2.05, 4.69) is 4.98 Å². The third-order valence-corrected chi connectivity index (χ3v) is 3.24. The van der Waals surface area contributed by atoms with E-state index in [1.54, 1.807) is 18.9 Å². The monoisotopic (exact) mass is 293 g/mol. The van der Waals surface area contributed by atoms with E-state index in [1.165, 1.54) is 4.90 Å². The Kier molecular flexibility index (Phi) is 6.14. The molecule has 6 nitrogen and oxygen atoms in total. The third-order valence-electron chi connectivity index (χ3n) is 3.24. The van der Waals surface area contributed by atoms with Gasteiger partial charge in [-0.25, -0.2) is 4.79 Å². The van der Waals surface area contributed by atoms with Crippen molar-refractivity contribution in [2.75, 3.05) is 20.1 Å². The quantitative estimate of drug-likeness (QED) is 0.870. The zero-order valence-electron chi connectivity index (χ0n) is 13.0. The van der Waals surface area contributed by atoms with Gasteiger partial charge in [-0.3, -0.25) is 9.78 Å². The second kappa shape index (κ2) is 7.61. The first-order valence-electron chi connectivity index (χ1n) is 7.00. The molecule has 1 aromatic heterocycles. The zero-order chi connectivity index (χ0) is 16.0. The minimum atomic E-state index is -0.899. The molecule has 0 saturated heterocycles. The van der Waals surface area contributed by atoms with Crippen LogP contribution in [-0.2, 0) is 11.3 Å². The largest absolute Gasteiger partial charge is 0.481 e. The van der Waals surface area contributed by atoms with Crippen LogP contribution in [0.2, 0.25) is 0 Å². The van der Waals surface area contributed by atoms with Gasteiger partial charge in [-0.2, -0.15) is 0 Å². The Morgan fingerprint density at radius 2 is 2.05 bits per heavy atom. The highest BCUT2D eigenvalue weighted by Gasteiger charge is 2.22. The van der Waals surface area contributed by atoms with Gasteiger partial charge < -0.3 is 14.9 Å². The van der Waals surface area contributed by atoms with Crippen LogP contribution in [0.3, 0.4) is 0 Å². The highest BCUT2D eigenvalue weighted by Crippen LogP contribution is 2.07. The molecule has 1 unspecified atom stereocenters. The Balaban J connectivity index is 2.68. The van der Waals surface area contributed by atoms with Crippen LogP contribution in [0.25, 0.3) is 0 Å². The number of carbonyl (C=O) groups is 2. The van der Waals surface area contributed by atoms with Gasteiger partial charge in [0.2, 0.25) is 0 Å². The number of pyridine rings is 1. The number of aromatic nitrogens is 1. The summed E-state index contributed by atoms with van der Waals surface area (Å²) in [6.07, 6.45) is 0. The molecule has 0 fully saturated rings.